The first-order chi connectivity index (χ1) is 4.75. The van der Waals surface area contributed by atoms with Gasteiger partial charge in [0.25, 0.3) is 0 Å². The summed E-state index contributed by atoms with van der Waals surface area (Å²) < 4.78 is 4.00. The van der Waals surface area contributed by atoms with Crippen LogP contribution in [0.4, 0.5) is 0 Å². The number of rotatable bonds is 1. The molecule has 0 aromatic heterocycles. The van der Waals surface area contributed by atoms with Crippen molar-refractivity contribution in [3.8, 4) is 0 Å². The molecule has 4 heteroatoms. The number of aliphatic hydroxyl groups is 2. The summed E-state index contributed by atoms with van der Waals surface area (Å²) in [5.74, 6) is 0. The van der Waals surface area contributed by atoms with Crippen LogP contribution in [0.3, 0.4) is 0 Å². The summed E-state index contributed by atoms with van der Waals surface area (Å²) in [6, 6.07) is 0. The molecule has 0 spiro atoms. The van der Waals surface area contributed by atoms with Gasteiger partial charge in [-0.1, -0.05) is 0 Å². The van der Waals surface area contributed by atoms with Gasteiger partial charge < -0.3 is 0 Å². The zero-order chi connectivity index (χ0) is 7.56. The quantitative estimate of drug-likeness (QED) is 0.571. The van der Waals surface area contributed by atoms with E-state index < -0.39 is 27.8 Å². The van der Waals surface area contributed by atoms with Gasteiger partial charge in [0.1, 0.15) is 0 Å². The standard InChI is InChI=1S/C5H10O2.CH4N.In/c1-2-3-5(7)4-6;1-2;/h4-7H,1-3H2;2H,1H3;/q;-1;+1. The van der Waals surface area contributed by atoms with Crippen molar-refractivity contribution in [2.45, 2.75) is 27.0 Å². The van der Waals surface area contributed by atoms with Crippen LogP contribution < -0.4 is 3.30 Å². The molecule has 0 saturated carbocycles. The third kappa shape index (κ3) is 1.87. The molecule has 2 unspecified atom stereocenters. The second-order valence-corrected chi connectivity index (χ2v) is 11.6. The van der Waals surface area contributed by atoms with Gasteiger partial charge in [0.15, 0.2) is 0 Å². The van der Waals surface area contributed by atoms with Gasteiger partial charge >= 0.3 is 69.3 Å². The van der Waals surface area contributed by atoms with Crippen LogP contribution in [0, 0.1) is 0 Å². The van der Waals surface area contributed by atoms with Crippen molar-refractivity contribution in [2.75, 3.05) is 7.05 Å². The molecule has 0 amide bonds. The van der Waals surface area contributed by atoms with Gasteiger partial charge in [-0.2, -0.15) is 0 Å². The second-order valence-electron chi connectivity index (χ2n) is 2.88. The van der Waals surface area contributed by atoms with Gasteiger partial charge in [0.05, 0.1) is 0 Å². The Morgan fingerprint density at radius 1 is 1.50 bits per heavy atom. The Hall–Kier alpha value is 0.750. The predicted octanol–water partition coefficient (Wildman–Crippen LogP) is -0.748. The van der Waals surface area contributed by atoms with Crippen molar-refractivity contribution in [1.29, 1.82) is 0 Å². The molecule has 1 aliphatic heterocycles. The number of nitrogens with one attached hydrogen (secondary N) is 1. The molecule has 0 aromatic carbocycles. The topological polar surface area (TPSA) is 52.5 Å². The monoisotopic (exact) mass is 247 g/mol. The molecular formula is C6H14InNO2. The Bertz CT molecular complexity index is 112. The minimum absolute atomic E-state index is 0.361. The molecule has 58 valence electrons. The first-order valence-electron chi connectivity index (χ1n) is 3.79. The maximum absolute atomic E-state index is 9.42. The van der Waals surface area contributed by atoms with Gasteiger partial charge in [-0.15, -0.1) is 0 Å². The molecule has 1 rings (SSSR count). The molecule has 1 fully saturated rings. The van der Waals surface area contributed by atoms with Crippen LogP contribution in [0.2, 0.25) is 4.18 Å². The third-order valence-electron chi connectivity index (χ3n) is 2.19. The minimum atomic E-state index is -1.86. The Balaban J connectivity index is 2.42. The number of hydrogen-bond donors (Lipinski definition) is 3. The first kappa shape index (κ1) is 8.84. The number of aliphatic hydroxyl groups excluding tert-OH is 2. The summed E-state index contributed by atoms with van der Waals surface area (Å²) in [5.41, 5.74) is 0. The Kier molecular flexibility index (Phi) is 3.49. The van der Waals surface area contributed by atoms with Crippen LogP contribution >= 0.6 is 0 Å². The first-order valence-corrected chi connectivity index (χ1v) is 9.67. The van der Waals surface area contributed by atoms with Crippen molar-refractivity contribution in [3.05, 3.63) is 0 Å². The van der Waals surface area contributed by atoms with Crippen molar-refractivity contribution < 1.29 is 10.2 Å². The van der Waals surface area contributed by atoms with Crippen LogP contribution in [0.15, 0.2) is 0 Å². The van der Waals surface area contributed by atoms with Gasteiger partial charge in [0.2, 0.25) is 0 Å². The van der Waals surface area contributed by atoms with Gasteiger partial charge in [-0.25, -0.2) is 0 Å². The fraction of sp³-hybridized carbons (Fsp3) is 1.00. The fourth-order valence-corrected chi connectivity index (χ4v) is 8.25. The van der Waals surface area contributed by atoms with Crippen LogP contribution in [0.5, 0.6) is 0 Å². The van der Waals surface area contributed by atoms with Crippen LogP contribution in [0.1, 0.15) is 12.8 Å². The van der Waals surface area contributed by atoms with E-state index in [-0.39, 0.29) is 3.86 Å². The molecule has 1 saturated heterocycles. The molecule has 10 heavy (non-hydrogen) atoms. The average molecular weight is 247 g/mol. The Morgan fingerprint density at radius 3 is 2.70 bits per heavy atom. The molecule has 0 aliphatic carbocycles. The molecule has 0 aromatic rings. The van der Waals surface area contributed by atoms with E-state index in [2.05, 4.69) is 3.30 Å². The van der Waals surface area contributed by atoms with Gasteiger partial charge in [0, 0.05) is 0 Å². The van der Waals surface area contributed by atoms with Crippen molar-refractivity contribution in [2.24, 2.45) is 0 Å². The summed E-state index contributed by atoms with van der Waals surface area (Å²) in [6.45, 7) is 0. The average Bonchev–Trinajstić information content (AvgIpc) is 1.95. The van der Waals surface area contributed by atoms with Crippen LogP contribution in [-0.4, -0.2) is 49.0 Å². The summed E-state index contributed by atoms with van der Waals surface area (Å²) in [7, 11) is 1.90. The van der Waals surface area contributed by atoms with E-state index in [1.54, 1.807) is 0 Å². The zero-order valence-electron chi connectivity index (χ0n) is 6.25. The van der Waals surface area contributed by atoms with E-state index in [4.69, 9.17) is 0 Å². The van der Waals surface area contributed by atoms with Crippen LogP contribution in [-0.2, 0) is 0 Å². The molecule has 3 nitrogen and oxygen atoms in total. The van der Waals surface area contributed by atoms with E-state index in [1.165, 1.54) is 4.18 Å². The summed E-state index contributed by atoms with van der Waals surface area (Å²) >= 11 is -1.86. The maximum atomic E-state index is 9.42. The van der Waals surface area contributed by atoms with Gasteiger partial charge in [-0.05, 0) is 0 Å². The predicted molar refractivity (Wildman–Crippen MR) is 40.9 cm³/mol. The van der Waals surface area contributed by atoms with E-state index in [1.807, 2.05) is 7.05 Å². The van der Waals surface area contributed by atoms with Crippen LogP contribution in [0.25, 0.3) is 0 Å². The Labute approximate surface area is 69.4 Å². The molecule has 0 radical (unpaired) electrons. The molecule has 3 N–H and O–H groups in total. The molecule has 1 heterocycles. The van der Waals surface area contributed by atoms with E-state index in [9.17, 15) is 10.2 Å². The number of hydrogen-bond acceptors (Lipinski definition) is 3. The summed E-state index contributed by atoms with van der Waals surface area (Å²) in [6.07, 6.45) is 1.46. The van der Waals surface area contributed by atoms with Crippen molar-refractivity contribution >= 4 is 21.7 Å². The molecular weight excluding hydrogens is 233 g/mol. The zero-order valence-corrected chi connectivity index (χ0v) is 9.54. The normalized spacial score (nSPS) is 34.5. The van der Waals surface area contributed by atoms with Crippen molar-refractivity contribution in [3.63, 3.8) is 0 Å². The summed E-state index contributed by atoms with van der Waals surface area (Å²) in [4.78, 5) is 0. The molecule has 0 bridgehead atoms. The van der Waals surface area contributed by atoms with E-state index in [0.717, 1.165) is 12.8 Å². The SMILES string of the molecule is C[NH][In]1[CH2]CCC(O)[CH]1O. The van der Waals surface area contributed by atoms with Crippen molar-refractivity contribution in [1.82, 2.24) is 3.30 Å². The van der Waals surface area contributed by atoms with E-state index in [0.29, 0.717) is 0 Å². The second kappa shape index (κ2) is 3.95. The Morgan fingerprint density at radius 2 is 2.20 bits per heavy atom. The van der Waals surface area contributed by atoms with E-state index >= 15 is 0 Å². The third-order valence-corrected chi connectivity index (χ3v) is 10.9. The summed E-state index contributed by atoms with van der Waals surface area (Å²) in [5, 5.41) is 18.7. The molecule has 2 atom stereocenters. The van der Waals surface area contributed by atoms with Gasteiger partial charge in [-0.3, -0.25) is 0 Å². The molecule has 1 aliphatic rings. The fourth-order valence-electron chi connectivity index (χ4n) is 1.47.